The molecule has 1 unspecified atom stereocenters. The first-order valence-electron chi connectivity index (χ1n) is 8.71. The number of hydrogen-bond donors (Lipinski definition) is 2. The van der Waals surface area contributed by atoms with Crippen LogP contribution in [0, 0.1) is 5.82 Å². The van der Waals surface area contributed by atoms with Gasteiger partial charge >= 0.3 is 0 Å². The Morgan fingerprint density at radius 1 is 1.19 bits per heavy atom. The third kappa shape index (κ3) is 6.04. The number of para-hydroxylation sites is 1. The van der Waals surface area contributed by atoms with E-state index in [9.17, 15) is 9.50 Å². The maximum atomic E-state index is 13.7. The van der Waals surface area contributed by atoms with E-state index in [-0.39, 0.29) is 12.1 Å². The molecule has 0 heterocycles. The van der Waals surface area contributed by atoms with E-state index >= 15 is 0 Å². The lowest BCUT2D eigenvalue weighted by Gasteiger charge is -2.22. The number of likely N-dealkylation sites (N-methyl/N-ethyl adjacent to an activating group) is 1. The highest BCUT2D eigenvalue weighted by atomic mass is 19.1. The quantitative estimate of drug-likeness (QED) is 0.562. The molecule has 2 N–H and O–H groups in total. The Bertz CT molecular complexity index is 694. The predicted octanol–water partition coefficient (Wildman–Crippen LogP) is 2.84. The Morgan fingerprint density at radius 2 is 1.88 bits per heavy atom. The molecule has 0 bridgehead atoms. The van der Waals surface area contributed by atoms with Gasteiger partial charge in [-0.25, -0.2) is 4.39 Å². The highest BCUT2D eigenvalue weighted by Gasteiger charge is 2.13. The number of aliphatic imine (C=N–C) groups is 1. The molecule has 0 aromatic heterocycles. The number of aliphatic hydroxyl groups is 1. The fourth-order valence-electron chi connectivity index (χ4n) is 2.41. The van der Waals surface area contributed by atoms with Crippen LogP contribution in [0.5, 0.6) is 5.75 Å². The molecule has 0 saturated carbocycles. The van der Waals surface area contributed by atoms with Gasteiger partial charge in [-0.05, 0) is 25.1 Å². The van der Waals surface area contributed by atoms with Crippen LogP contribution in [0.4, 0.5) is 4.39 Å². The van der Waals surface area contributed by atoms with Crippen molar-refractivity contribution in [3.05, 3.63) is 66.0 Å². The Labute approximate surface area is 154 Å². The first kappa shape index (κ1) is 19.7. The minimum Gasteiger partial charge on any atom is -0.492 e. The summed E-state index contributed by atoms with van der Waals surface area (Å²) in [5.41, 5.74) is 0.252. The molecule has 5 nitrogen and oxygen atoms in total. The van der Waals surface area contributed by atoms with Gasteiger partial charge in [0.15, 0.2) is 5.96 Å². The van der Waals surface area contributed by atoms with Crippen molar-refractivity contribution in [3.63, 3.8) is 0 Å². The molecule has 0 aliphatic rings. The molecule has 2 aromatic rings. The summed E-state index contributed by atoms with van der Waals surface area (Å²) in [6.07, 6.45) is -0.987. The van der Waals surface area contributed by atoms with Crippen molar-refractivity contribution < 1.29 is 14.2 Å². The zero-order chi connectivity index (χ0) is 18.8. The highest BCUT2D eigenvalue weighted by Crippen LogP contribution is 2.16. The SMILES string of the molecule is CCNC(=NCC(O)c1ccccc1F)N(C)CCOc1ccccc1. The van der Waals surface area contributed by atoms with Crippen LogP contribution >= 0.6 is 0 Å². The average molecular weight is 359 g/mol. The third-order valence-corrected chi connectivity index (χ3v) is 3.81. The zero-order valence-electron chi connectivity index (χ0n) is 15.2. The van der Waals surface area contributed by atoms with Crippen molar-refractivity contribution in [1.29, 1.82) is 0 Å². The Kier molecular flexibility index (Phi) is 7.89. The van der Waals surface area contributed by atoms with Crippen molar-refractivity contribution in [2.24, 2.45) is 4.99 Å². The summed E-state index contributed by atoms with van der Waals surface area (Å²) in [5.74, 6) is 1.03. The summed E-state index contributed by atoms with van der Waals surface area (Å²) in [4.78, 5) is 6.33. The van der Waals surface area contributed by atoms with Crippen LogP contribution in [-0.4, -0.2) is 49.3 Å². The maximum absolute atomic E-state index is 13.7. The van der Waals surface area contributed by atoms with Gasteiger partial charge in [0.25, 0.3) is 0 Å². The molecular weight excluding hydrogens is 333 g/mol. The van der Waals surface area contributed by atoms with E-state index in [2.05, 4.69) is 10.3 Å². The molecule has 0 aliphatic carbocycles. The van der Waals surface area contributed by atoms with E-state index in [0.29, 0.717) is 25.7 Å². The molecule has 0 saturated heterocycles. The van der Waals surface area contributed by atoms with Gasteiger partial charge in [-0.2, -0.15) is 0 Å². The van der Waals surface area contributed by atoms with Gasteiger partial charge in [0.2, 0.25) is 0 Å². The number of rotatable bonds is 8. The number of nitrogens with zero attached hydrogens (tertiary/aromatic N) is 2. The lowest BCUT2D eigenvalue weighted by Crippen LogP contribution is -2.41. The second kappa shape index (κ2) is 10.4. The van der Waals surface area contributed by atoms with Crippen LogP contribution in [0.3, 0.4) is 0 Å². The largest absolute Gasteiger partial charge is 0.492 e. The van der Waals surface area contributed by atoms with Crippen molar-refractivity contribution in [1.82, 2.24) is 10.2 Å². The first-order valence-corrected chi connectivity index (χ1v) is 8.71. The van der Waals surface area contributed by atoms with E-state index in [1.54, 1.807) is 18.2 Å². The summed E-state index contributed by atoms with van der Waals surface area (Å²) in [7, 11) is 1.89. The van der Waals surface area contributed by atoms with E-state index in [0.717, 1.165) is 5.75 Å². The monoisotopic (exact) mass is 359 g/mol. The van der Waals surface area contributed by atoms with Gasteiger partial charge in [-0.3, -0.25) is 4.99 Å². The van der Waals surface area contributed by atoms with Crippen LogP contribution in [0.1, 0.15) is 18.6 Å². The Hall–Kier alpha value is -2.60. The van der Waals surface area contributed by atoms with E-state index < -0.39 is 11.9 Å². The maximum Gasteiger partial charge on any atom is 0.193 e. The second-order valence-corrected chi connectivity index (χ2v) is 5.82. The number of guanidine groups is 1. The van der Waals surface area contributed by atoms with Crippen LogP contribution in [0.2, 0.25) is 0 Å². The minimum atomic E-state index is -0.987. The molecule has 0 radical (unpaired) electrons. The van der Waals surface area contributed by atoms with E-state index in [4.69, 9.17) is 4.74 Å². The first-order chi connectivity index (χ1) is 12.6. The van der Waals surface area contributed by atoms with Gasteiger partial charge in [0, 0.05) is 19.2 Å². The number of ether oxygens (including phenoxy) is 1. The standard InChI is InChI=1S/C20H26FN3O2/c1-3-22-20(23-15-19(25)17-11-7-8-12-18(17)21)24(2)13-14-26-16-9-5-4-6-10-16/h4-12,19,25H,3,13-15H2,1-2H3,(H,22,23). The molecule has 0 amide bonds. The molecular formula is C20H26FN3O2. The van der Waals surface area contributed by atoms with Gasteiger partial charge in [-0.1, -0.05) is 36.4 Å². The summed E-state index contributed by atoms with van der Waals surface area (Å²) in [6.45, 7) is 3.86. The van der Waals surface area contributed by atoms with Crippen LogP contribution in [-0.2, 0) is 0 Å². The summed E-state index contributed by atoms with van der Waals surface area (Å²) < 4.78 is 19.4. The molecule has 140 valence electrons. The molecule has 26 heavy (non-hydrogen) atoms. The van der Waals surface area contributed by atoms with Gasteiger partial charge in [0.1, 0.15) is 24.3 Å². The number of aliphatic hydroxyl groups excluding tert-OH is 1. The molecule has 0 spiro atoms. The molecule has 0 fully saturated rings. The Balaban J connectivity index is 1.91. The normalized spacial score (nSPS) is 12.5. The predicted molar refractivity (Wildman–Crippen MR) is 102 cm³/mol. The molecule has 1 atom stereocenters. The minimum absolute atomic E-state index is 0.0765. The molecule has 0 aliphatic heterocycles. The fraction of sp³-hybridized carbons (Fsp3) is 0.350. The van der Waals surface area contributed by atoms with Crippen molar-refractivity contribution >= 4 is 5.96 Å². The smallest absolute Gasteiger partial charge is 0.193 e. The lowest BCUT2D eigenvalue weighted by atomic mass is 10.1. The summed E-state index contributed by atoms with van der Waals surface area (Å²) in [6, 6.07) is 15.8. The molecule has 2 aromatic carbocycles. The summed E-state index contributed by atoms with van der Waals surface area (Å²) >= 11 is 0. The third-order valence-electron chi connectivity index (χ3n) is 3.81. The molecule has 6 heteroatoms. The van der Waals surface area contributed by atoms with Crippen LogP contribution < -0.4 is 10.1 Å². The number of nitrogens with one attached hydrogen (secondary N) is 1. The summed E-state index contributed by atoms with van der Waals surface area (Å²) in [5, 5.41) is 13.4. The van der Waals surface area contributed by atoms with Crippen LogP contribution in [0.15, 0.2) is 59.6 Å². The second-order valence-electron chi connectivity index (χ2n) is 5.82. The van der Waals surface area contributed by atoms with E-state index in [1.807, 2.05) is 49.2 Å². The van der Waals surface area contributed by atoms with Gasteiger partial charge in [-0.15, -0.1) is 0 Å². The molecule has 2 rings (SSSR count). The van der Waals surface area contributed by atoms with Crippen molar-refractivity contribution in [2.45, 2.75) is 13.0 Å². The topological polar surface area (TPSA) is 57.1 Å². The number of hydrogen-bond acceptors (Lipinski definition) is 3. The van der Waals surface area contributed by atoms with Gasteiger partial charge in [0.05, 0.1) is 13.1 Å². The highest BCUT2D eigenvalue weighted by molar-refractivity contribution is 5.79. The van der Waals surface area contributed by atoms with Gasteiger partial charge < -0.3 is 20.1 Å². The average Bonchev–Trinajstić information content (AvgIpc) is 2.66. The van der Waals surface area contributed by atoms with Crippen molar-refractivity contribution in [2.75, 3.05) is 33.3 Å². The number of benzene rings is 2. The number of halogens is 1. The zero-order valence-corrected chi connectivity index (χ0v) is 15.2. The Morgan fingerprint density at radius 3 is 2.58 bits per heavy atom. The van der Waals surface area contributed by atoms with Crippen molar-refractivity contribution in [3.8, 4) is 5.75 Å². The fourth-order valence-corrected chi connectivity index (χ4v) is 2.41. The lowest BCUT2D eigenvalue weighted by molar-refractivity contribution is 0.181. The van der Waals surface area contributed by atoms with Crippen LogP contribution in [0.25, 0.3) is 0 Å². The van der Waals surface area contributed by atoms with E-state index in [1.165, 1.54) is 6.07 Å².